The molecule has 150 valence electrons. The number of aliphatic imine (C=N–C) groups is 1. The summed E-state index contributed by atoms with van der Waals surface area (Å²) in [6.07, 6.45) is 1.57. The number of carboxylic acids is 1. The van der Waals surface area contributed by atoms with E-state index in [9.17, 15) is 9.59 Å². The van der Waals surface area contributed by atoms with Crippen molar-refractivity contribution < 1.29 is 19.4 Å². The molecular weight excluding hydrogens is 482 g/mol. The Morgan fingerprint density at radius 2 is 1.86 bits per heavy atom. The zero-order chi connectivity index (χ0) is 21.1. The molecule has 3 rings (SSSR count). The van der Waals surface area contributed by atoms with Gasteiger partial charge in [0.1, 0.15) is 0 Å². The number of nitrogens with zero attached hydrogens (tertiary/aromatic N) is 1. The van der Waals surface area contributed by atoms with Gasteiger partial charge in [0.15, 0.2) is 17.5 Å². The molecule has 2 aromatic rings. The number of amidine groups is 1. The first-order valence-corrected chi connectivity index (χ1v) is 10.1. The Morgan fingerprint density at radius 1 is 1.17 bits per heavy atom. The summed E-state index contributed by atoms with van der Waals surface area (Å²) in [4.78, 5) is 27.6. The highest BCUT2D eigenvalue weighted by Gasteiger charge is 2.24. The fourth-order valence-electron chi connectivity index (χ4n) is 2.25. The molecule has 0 spiro atoms. The first-order chi connectivity index (χ1) is 13.7. The normalized spacial score (nSPS) is 16.3. The van der Waals surface area contributed by atoms with E-state index in [1.807, 2.05) is 0 Å². The van der Waals surface area contributed by atoms with Crippen LogP contribution in [0.3, 0.4) is 0 Å². The fourth-order valence-corrected chi connectivity index (χ4v) is 4.04. The van der Waals surface area contributed by atoms with Gasteiger partial charge in [-0.15, -0.1) is 0 Å². The largest absolute Gasteiger partial charge is 0.479 e. The summed E-state index contributed by atoms with van der Waals surface area (Å²) in [5.41, 5.74) is 0.955. The van der Waals surface area contributed by atoms with Crippen molar-refractivity contribution in [1.82, 2.24) is 5.32 Å². The van der Waals surface area contributed by atoms with Crippen LogP contribution in [-0.4, -0.2) is 28.8 Å². The molecule has 1 aliphatic rings. The first-order valence-electron chi connectivity index (χ1n) is 7.82. The highest BCUT2D eigenvalue weighted by molar-refractivity contribution is 8.18. The summed E-state index contributed by atoms with van der Waals surface area (Å²) < 4.78 is 5.07. The smallest absolute Gasteiger partial charge is 0.341 e. The average Bonchev–Trinajstić information content (AvgIpc) is 2.97. The van der Waals surface area contributed by atoms with Crippen molar-refractivity contribution in [1.29, 1.82) is 0 Å². The van der Waals surface area contributed by atoms with Crippen LogP contribution >= 0.6 is 58.2 Å². The summed E-state index contributed by atoms with van der Waals surface area (Å²) in [5, 5.41) is 12.6. The topological polar surface area (TPSA) is 88.0 Å². The first kappa shape index (κ1) is 21.8. The van der Waals surface area contributed by atoms with Gasteiger partial charge in [0, 0.05) is 0 Å². The minimum absolute atomic E-state index is 0.0549. The molecule has 0 aromatic heterocycles. The number of halogens is 4. The third-order valence-corrected chi connectivity index (χ3v) is 5.74. The number of carbonyl (C=O) groups excluding carboxylic acids is 1. The number of aliphatic carboxylic acids is 1. The Kier molecular flexibility index (Phi) is 6.97. The van der Waals surface area contributed by atoms with Crippen LogP contribution in [-0.2, 0) is 9.59 Å². The van der Waals surface area contributed by atoms with E-state index in [2.05, 4.69) is 10.3 Å². The third-order valence-electron chi connectivity index (χ3n) is 3.46. The molecule has 1 saturated heterocycles. The molecule has 1 aliphatic heterocycles. The summed E-state index contributed by atoms with van der Waals surface area (Å²) >= 11 is 25.4. The number of thioether (sulfide) groups is 1. The summed E-state index contributed by atoms with van der Waals surface area (Å²) in [6.45, 7) is -0.579. The summed E-state index contributed by atoms with van der Waals surface area (Å²) in [6, 6.07) is 8.02. The maximum Gasteiger partial charge on any atom is 0.341 e. The van der Waals surface area contributed by atoms with Crippen molar-refractivity contribution >= 4 is 87.0 Å². The lowest BCUT2D eigenvalue weighted by Crippen LogP contribution is -2.19. The average molecular weight is 492 g/mol. The monoisotopic (exact) mass is 490 g/mol. The van der Waals surface area contributed by atoms with E-state index in [1.54, 1.807) is 24.3 Å². The molecule has 0 saturated carbocycles. The molecule has 11 heteroatoms. The summed E-state index contributed by atoms with van der Waals surface area (Å²) in [5.74, 6) is -1.46. The summed E-state index contributed by atoms with van der Waals surface area (Å²) in [7, 11) is 0. The van der Waals surface area contributed by atoms with Crippen molar-refractivity contribution in [2.75, 3.05) is 6.61 Å². The fraction of sp³-hybridized carbons (Fsp3) is 0.0556. The second-order valence-electron chi connectivity index (χ2n) is 5.55. The van der Waals surface area contributed by atoms with Crippen molar-refractivity contribution in [2.45, 2.75) is 0 Å². The number of nitrogens with one attached hydrogen (secondary N) is 1. The number of benzene rings is 2. The van der Waals surface area contributed by atoms with E-state index >= 15 is 0 Å². The molecule has 1 heterocycles. The van der Waals surface area contributed by atoms with Crippen LogP contribution in [0.1, 0.15) is 5.56 Å². The molecule has 0 aliphatic carbocycles. The number of carbonyl (C=O) groups is 2. The lowest BCUT2D eigenvalue weighted by molar-refractivity contribution is -0.139. The number of amides is 1. The predicted octanol–water partition coefficient (Wildman–Crippen LogP) is 5.66. The standard InChI is InChI=1S/C18H10Cl4N2O4S/c19-9-2-1-3-12(15(9)22)23-18-24-17(27)13(29-18)6-8-4-10(20)16(11(21)5-8)28-7-14(25)26/h1-6H,7H2,(H,25,26)(H,23,24,27)/b13-6+. The van der Waals surface area contributed by atoms with Gasteiger partial charge >= 0.3 is 5.97 Å². The molecule has 2 N–H and O–H groups in total. The predicted molar refractivity (Wildman–Crippen MR) is 117 cm³/mol. The molecule has 1 amide bonds. The molecular formula is C18H10Cl4N2O4S. The number of hydrogen-bond donors (Lipinski definition) is 2. The van der Waals surface area contributed by atoms with Gasteiger partial charge in [0.05, 0.1) is 30.7 Å². The molecule has 0 radical (unpaired) electrons. The van der Waals surface area contributed by atoms with E-state index in [0.29, 0.717) is 26.3 Å². The van der Waals surface area contributed by atoms with E-state index in [0.717, 1.165) is 11.8 Å². The highest BCUT2D eigenvalue weighted by Crippen LogP contribution is 2.37. The van der Waals surface area contributed by atoms with Gasteiger partial charge in [-0.2, -0.15) is 0 Å². The number of ether oxygens (including phenoxy) is 1. The zero-order valence-corrected chi connectivity index (χ0v) is 18.1. The van der Waals surface area contributed by atoms with E-state index in [-0.39, 0.29) is 26.7 Å². The quantitative estimate of drug-likeness (QED) is 0.527. The van der Waals surface area contributed by atoms with Gasteiger partial charge in [-0.1, -0.05) is 52.5 Å². The molecule has 2 aromatic carbocycles. The number of hydrogen-bond acceptors (Lipinski definition) is 5. The van der Waals surface area contributed by atoms with Crippen molar-refractivity contribution in [2.24, 2.45) is 4.99 Å². The Bertz CT molecular complexity index is 1050. The van der Waals surface area contributed by atoms with Crippen LogP contribution in [0, 0.1) is 0 Å². The third kappa shape index (κ3) is 5.38. The van der Waals surface area contributed by atoms with Gasteiger partial charge < -0.3 is 15.2 Å². The van der Waals surface area contributed by atoms with Gasteiger partial charge in [-0.05, 0) is 47.7 Å². The lowest BCUT2D eigenvalue weighted by atomic mass is 10.2. The van der Waals surface area contributed by atoms with Crippen LogP contribution in [0.5, 0.6) is 5.75 Å². The van der Waals surface area contributed by atoms with Crippen LogP contribution in [0.15, 0.2) is 40.2 Å². The van der Waals surface area contributed by atoms with E-state index in [4.69, 9.17) is 56.2 Å². The van der Waals surface area contributed by atoms with Crippen molar-refractivity contribution in [3.05, 3.63) is 60.9 Å². The number of carboxylic acid groups (broad SMARTS) is 1. The van der Waals surface area contributed by atoms with Crippen molar-refractivity contribution in [3.8, 4) is 5.75 Å². The van der Waals surface area contributed by atoms with Crippen LogP contribution in [0.4, 0.5) is 5.69 Å². The van der Waals surface area contributed by atoms with Gasteiger partial charge in [-0.3, -0.25) is 4.79 Å². The Morgan fingerprint density at radius 3 is 2.52 bits per heavy atom. The van der Waals surface area contributed by atoms with Gasteiger partial charge in [0.25, 0.3) is 5.91 Å². The van der Waals surface area contributed by atoms with Gasteiger partial charge in [0.2, 0.25) is 0 Å². The Hall–Kier alpha value is -1.90. The molecule has 29 heavy (non-hydrogen) atoms. The van der Waals surface area contributed by atoms with Crippen LogP contribution < -0.4 is 10.1 Å². The molecule has 6 nitrogen and oxygen atoms in total. The molecule has 0 bridgehead atoms. The molecule has 0 atom stereocenters. The SMILES string of the molecule is O=C(O)COc1c(Cl)cc(/C=C2/SC(=Nc3cccc(Cl)c3Cl)NC2=O)cc1Cl. The van der Waals surface area contributed by atoms with Crippen LogP contribution in [0.2, 0.25) is 20.1 Å². The van der Waals surface area contributed by atoms with Gasteiger partial charge in [-0.25, -0.2) is 9.79 Å². The second-order valence-corrected chi connectivity index (χ2v) is 8.18. The van der Waals surface area contributed by atoms with E-state index in [1.165, 1.54) is 12.1 Å². The Balaban J connectivity index is 1.84. The molecule has 0 unspecified atom stereocenters. The zero-order valence-electron chi connectivity index (χ0n) is 14.2. The minimum Gasteiger partial charge on any atom is -0.479 e. The maximum absolute atomic E-state index is 12.2. The highest BCUT2D eigenvalue weighted by atomic mass is 35.5. The lowest BCUT2D eigenvalue weighted by Gasteiger charge is -2.09. The van der Waals surface area contributed by atoms with Crippen molar-refractivity contribution in [3.63, 3.8) is 0 Å². The Labute approximate surface area is 189 Å². The molecule has 1 fully saturated rings. The second kappa shape index (κ2) is 9.28. The minimum atomic E-state index is -1.16. The van der Waals surface area contributed by atoms with E-state index < -0.39 is 12.6 Å². The number of rotatable bonds is 5. The van der Waals surface area contributed by atoms with Crippen LogP contribution in [0.25, 0.3) is 6.08 Å². The maximum atomic E-state index is 12.2.